The Bertz CT molecular complexity index is 670. The van der Waals surface area contributed by atoms with Gasteiger partial charge in [-0.05, 0) is 43.7 Å². The third kappa shape index (κ3) is 3.21. The van der Waals surface area contributed by atoms with Crippen LogP contribution in [0, 0.1) is 12.7 Å². The molecule has 0 spiro atoms. The maximum absolute atomic E-state index is 13.8. The summed E-state index contributed by atoms with van der Waals surface area (Å²) in [6.45, 7) is 3.72. The summed E-state index contributed by atoms with van der Waals surface area (Å²) in [6, 6.07) is 11.7. The van der Waals surface area contributed by atoms with Crippen molar-refractivity contribution in [2.45, 2.75) is 19.9 Å². The number of carbonyl (C=O) groups is 1. The zero-order chi connectivity index (χ0) is 15.6. The third-order valence-corrected chi connectivity index (χ3v) is 3.65. The molecule has 0 aliphatic rings. The van der Waals surface area contributed by atoms with Crippen molar-refractivity contribution in [2.24, 2.45) is 0 Å². The van der Waals surface area contributed by atoms with Crippen molar-refractivity contribution in [2.75, 3.05) is 12.8 Å². The van der Waals surface area contributed by atoms with Gasteiger partial charge >= 0.3 is 0 Å². The summed E-state index contributed by atoms with van der Waals surface area (Å²) in [6.07, 6.45) is 0. The standard InChI is InChI=1S/C17H19FN2O/c1-11-7-8-16(18)15(9-11)17(21)20(3)12(2)13-5-4-6-14(19)10-13/h4-10,12H,19H2,1-3H3. The Hall–Kier alpha value is -2.36. The fraction of sp³-hybridized carbons (Fsp3) is 0.235. The second-order valence-corrected chi connectivity index (χ2v) is 5.25. The van der Waals surface area contributed by atoms with Crippen molar-refractivity contribution in [1.82, 2.24) is 4.90 Å². The normalized spacial score (nSPS) is 12.0. The molecule has 0 fully saturated rings. The van der Waals surface area contributed by atoms with E-state index in [1.807, 2.05) is 32.0 Å². The second kappa shape index (κ2) is 5.95. The Labute approximate surface area is 124 Å². The molecule has 0 aliphatic heterocycles. The molecule has 2 aromatic carbocycles. The number of aryl methyl sites for hydroxylation is 1. The summed E-state index contributed by atoms with van der Waals surface area (Å²) in [5.74, 6) is -0.844. The number of nitrogens with zero attached hydrogens (tertiary/aromatic N) is 1. The zero-order valence-electron chi connectivity index (χ0n) is 12.4. The van der Waals surface area contributed by atoms with Crippen LogP contribution in [0.4, 0.5) is 10.1 Å². The predicted molar refractivity (Wildman–Crippen MR) is 82.5 cm³/mol. The first kappa shape index (κ1) is 15.0. The van der Waals surface area contributed by atoms with E-state index in [1.54, 1.807) is 25.2 Å². The van der Waals surface area contributed by atoms with E-state index in [4.69, 9.17) is 5.73 Å². The van der Waals surface area contributed by atoms with Crippen LogP contribution in [-0.2, 0) is 0 Å². The first-order chi connectivity index (χ1) is 9.90. The molecule has 3 nitrogen and oxygen atoms in total. The maximum atomic E-state index is 13.8. The summed E-state index contributed by atoms with van der Waals surface area (Å²) in [5, 5.41) is 0. The Morgan fingerprint density at radius 3 is 2.62 bits per heavy atom. The van der Waals surface area contributed by atoms with Gasteiger partial charge in [-0.15, -0.1) is 0 Å². The highest BCUT2D eigenvalue weighted by Gasteiger charge is 2.21. The Balaban J connectivity index is 2.28. The average Bonchev–Trinajstić information content (AvgIpc) is 2.47. The van der Waals surface area contributed by atoms with Gasteiger partial charge in [-0.3, -0.25) is 4.79 Å². The summed E-state index contributed by atoms with van der Waals surface area (Å²) in [4.78, 5) is 14.0. The van der Waals surface area contributed by atoms with E-state index in [0.717, 1.165) is 11.1 Å². The largest absolute Gasteiger partial charge is 0.399 e. The van der Waals surface area contributed by atoms with Crippen molar-refractivity contribution < 1.29 is 9.18 Å². The summed E-state index contributed by atoms with van der Waals surface area (Å²) >= 11 is 0. The number of amides is 1. The highest BCUT2D eigenvalue weighted by molar-refractivity contribution is 5.94. The first-order valence-corrected chi connectivity index (χ1v) is 6.79. The molecule has 2 aromatic rings. The van der Waals surface area contributed by atoms with Crippen LogP contribution >= 0.6 is 0 Å². The minimum atomic E-state index is -0.503. The van der Waals surface area contributed by atoms with Crippen LogP contribution in [0.1, 0.15) is 34.5 Å². The molecule has 21 heavy (non-hydrogen) atoms. The van der Waals surface area contributed by atoms with Gasteiger partial charge in [-0.2, -0.15) is 0 Å². The number of nitrogen functional groups attached to an aromatic ring is 1. The molecule has 0 saturated carbocycles. The lowest BCUT2D eigenvalue weighted by molar-refractivity contribution is 0.0738. The van der Waals surface area contributed by atoms with Crippen LogP contribution in [0.5, 0.6) is 0 Å². The van der Waals surface area contributed by atoms with Crippen molar-refractivity contribution in [1.29, 1.82) is 0 Å². The predicted octanol–water partition coefficient (Wildman–Crippen LogP) is 3.55. The van der Waals surface area contributed by atoms with Gasteiger partial charge in [-0.25, -0.2) is 4.39 Å². The highest BCUT2D eigenvalue weighted by Crippen LogP contribution is 2.23. The van der Waals surface area contributed by atoms with Crippen LogP contribution in [0.15, 0.2) is 42.5 Å². The van der Waals surface area contributed by atoms with Crippen molar-refractivity contribution in [3.05, 3.63) is 65.0 Å². The van der Waals surface area contributed by atoms with E-state index in [0.29, 0.717) is 5.69 Å². The molecular formula is C17H19FN2O. The van der Waals surface area contributed by atoms with Gasteiger partial charge in [0, 0.05) is 12.7 Å². The molecule has 110 valence electrons. The van der Waals surface area contributed by atoms with Gasteiger partial charge in [0.25, 0.3) is 5.91 Å². The second-order valence-electron chi connectivity index (χ2n) is 5.25. The lowest BCUT2D eigenvalue weighted by Crippen LogP contribution is -2.30. The third-order valence-electron chi connectivity index (χ3n) is 3.65. The number of anilines is 1. The van der Waals surface area contributed by atoms with Gasteiger partial charge in [0.15, 0.2) is 0 Å². The van der Waals surface area contributed by atoms with Gasteiger partial charge in [0.2, 0.25) is 0 Å². The van der Waals surface area contributed by atoms with Crippen LogP contribution < -0.4 is 5.73 Å². The van der Waals surface area contributed by atoms with Crippen molar-refractivity contribution in [3.63, 3.8) is 0 Å². The number of hydrogen-bond acceptors (Lipinski definition) is 2. The minimum Gasteiger partial charge on any atom is -0.399 e. The smallest absolute Gasteiger partial charge is 0.257 e. The molecule has 4 heteroatoms. The molecule has 2 rings (SSSR count). The number of halogens is 1. The number of nitrogens with two attached hydrogens (primary N) is 1. The lowest BCUT2D eigenvalue weighted by Gasteiger charge is -2.26. The summed E-state index contributed by atoms with van der Waals surface area (Å²) < 4.78 is 13.8. The highest BCUT2D eigenvalue weighted by atomic mass is 19.1. The monoisotopic (exact) mass is 286 g/mol. The van der Waals surface area contributed by atoms with E-state index >= 15 is 0 Å². The average molecular weight is 286 g/mol. The fourth-order valence-corrected chi connectivity index (χ4v) is 2.21. The topological polar surface area (TPSA) is 46.3 Å². The molecule has 0 saturated heterocycles. The Kier molecular flexibility index (Phi) is 4.26. The molecule has 1 atom stereocenters. The Morgan fingerprint density at radius 2 is 1.95 bits per heavy atom. The summed E-state index contributed by atoms with van der Waals surface area (Å²) in [7, 11) is 1.66. The molecular weight excluding hydrogens is 267 g/mol. The van der Waals surface area contributed by atoms with Gasteiger partial charge < -0.3 is 10.6 Å². The Morgan fingerprint density at radius 1 is 1.24 bits per heavy atom. The molecule has 0 heterocycles. The van der Waals surface area contributed by atoms with E-state index < -0.39 is 5.82 Å². The molecule has 1 unspecified atom stereocenters. The lowest BCUT2D eigenvalue weighted by atomic mass is 10.0. The van der Waals surface area contributed by atoms with Crippen molar-refractivity contribution >= 4 is 11.6 Å². The number of benzene rings is 2. The van der Waals surface area contributed by atoms with Gasteiger partial charge in [0.1, 0.15) is 5.82 Å². The van der Waals surface area contributed by atoms with Crippen LogP contribution in [0.25, 0.3) is 0 Å². The van der Waals surface area contributed by atoms with E-state index in [-0.39, 0.29) is 17.5 Å². The van der Waals surface area contributed by atoms with Gasteiger partial charge in [-0.1, -0.05) is 23.8 Å². The maximum Gasteiger partial charge on any atom is 0.257 e. The van der Waals surface area contributed by atoms with Crippen LogP contribution in [-0.4, -0.2) is 17.9 Å². The van der Waals surface area contributed by atoms with Crippen molar-refractivity contribution in [3.8, 4) is 0 Å². The quantitative estimate of drug-likeness (QED) is 0.877. The molecule has 0 radical (unpaired) electrons. The molecule has 0 aromatic heterocycles. The van der Waals surface area contributed by atoms with E-state index in [2.05, 4.69) is 0 Å². The van der Waals surface area contributed by atoms with Gasteiger partial charge in [0.05, 0.1) is 11.6 Å². The number of hydrogen-bond donors (Lipinski definition) is 1. The first-order valence-electron chi connectivity index (χ1n) is 6.79. The number of rotatable bonds is 3. The van der Waals surface area contributed by atoms with E-state index in [9.17, 15) is 9.18 Å². The van der Waals surface area contributed by atoms with E-state index in [1.165, 1.54) is 11.0 Å². The molecule has 0 aliphatic carbocycles. The number of carbonyl (C=O) groups excluding carboxylic acids is 1. The zero-order valence-corrected chi connectivity index (χ0v) is 12.4. The summed E-state index contributed by atoms with van der Waals surface area (Å²) in [5.41, 5.74) is 8.26. The fourth-order valence-electron chi connectivity index (χ4n) is 2.21. The molecule has 1 amide bonds. The molecule has 2 N–H and O–H groups in total. The van der Waals surface area contributed by atoms with Crippen LogP contribution in [0.3, 0.4) is 0 Å². The van der Waals surface area contributed by atoms with Crippen LogP contribution in [0.2, 0.25) is 0 Å². The SMILES string of the molecule is Cc1ccc(F)c(C(=O)N(C)C(C)c2cccc(N)c2)c1. The molecule has 0 bridgehead atoms. The minimum absolute atomic E-state index is 0.0910.